The lowest BCUT2D eigenvalue weighted by Gasteiger charge is -2.18. The van der Waals surface area contributed by atoms with E-state index in [-0.39, 0.29) is 37.5 Å². The first-order chi connectivity index (χ1) is 36.0. The lowest BCUT2D eigenvalue weighted by atomic mass is 10.1. The molecule has 0 aliphatic rings. The Hall–Kier alpha value is -4.19. The van der Waals surface area contributed by atoms with E-state index < -0.39 is 6.10 Å². The largest absolute Gasteiger partial charge is 0.462 e. The molecule has 0 radical (unpaired) electrons. The van der Waals surface area contributed by atoms with Gasteiger partial charge in [-0.1, -0.05) is 239 Å². The van der Waals surface area contributed by atoms with Crippen molar-refractivity contribution in [3.05, 3.63) is 122 Å². The summed E-state index contributed by atoms with van der Waals surface area (Å²) in [5.74, 6) is -0.983. The minimum absolute atomic E-state index is 0.106. The SMILES string of the molecule is CC/C=C\C/C=C\C/C=C\C/C=C\C/C=C\C/C=C\C/C=C\CCCC(=O)OCC(COC(=O)CCCCCCC/C=C\CCCCCCCC)OC(=O)CCCCCCCCC/C=C\C/C=C\CCCCC. The van der Waals surface area contributed by atoms with Gasteiger partial charge in [0.25, 0.3) is 0 Å². The van der Waals surface area contributed by atoms with Crippen molar-refractivity contribution in [3.8, 4) is 0 Å². The van der Waals surface area contributed by atoms with Gasteiger partial charge in [0.05, 0.1) is 0 Å². The van der Waals surface area contributed by atoms with Gasteiger partial charge in [0.15, 0.2) is 6.10 Å². The van der Waals surface area contributed by atoms with E-state index in [9.17, 15) is 14.4 Å². The molecule has 0 aromatic carbocycles. The minimum Gasteiger partial charge on any atom is -0.462 e. The van der Waals surface area contributed by atoms with E-state index in [2.05, 4.69) is 142 Å². The lowest BCUT2D eigenvalue weighted by Crippen LogP contribution is -2.30. The van der Waals surface area contributed by atoms with Crippen LogP contribution < -0.4 is 0 Å². The maximum Gasteiger partial charge on any atom is 0.306 e. The minimum atomic E-state index is -0.813. The number of hydrogen-bond donors (Lipinski definition) is 0. The third-order valence-corrected chi connectivity index (χ3v) is 12.4. The number of carbonyl (C=O) groups excluding carboxylic acids is 3. The molecule has 6 nitrogen and oxygen atoms in total. The fourth-order valence-corrected chi connectivity index (χ4v) is 7.93. The zero-order chi connectivity index (χ0) is 52.9. The fourth-order valence-electron chi connectivity index (χ4n) is 7.93. The van der Waals surface area contributed by atoms with Crippen molar-refractivity contribution in [2.45, 2.75) is 271 Å². The monoisotopic (exact) mass is 1010 g/mol. The first-order valence-corrected chi connectivity index (χ1v) is 30.0. The Balaban J connectivity index is 4.51. The van der Waals surface area contributed by atoms with E-state index in [1.54, 1.807) is 0 Å². The van der Waals surface area contributed by atoms with Crippen molar-refractivity contribution < 1.29 is 28.6 Å². The molecule has 0 rings (SSSR count). The molecular weight excluding hydrogens is 901 g/mol. The van der Waals surface area contributed by atoms with Gasteiger partial charge < -0.3 is 14.2 Å². The van der Waals surface area contributed by atoms with E-state index in [1.807, 2.05) is 0 Å². The number of rotatable bonds is 53. The van der Waals surface area contributed by atoms with Gasteiger partial charge in [-0.25, -0.2) is 0 Å². The van der Waals surface area contributed by atoms with Gasteiger partial charge in [0, 0.05) is 19.3 Å². The maximum atomic E-state index is 12.9. The summed E-state index contributed by atoms with van der Waals surface area (Å²) in [7, 11) is 0. The average Bonchev–Trinajstić information content (AvgIpc) is 3.39. The summed E-state index contributed by atoms with van der Waals surface area (Å²) in [6, 6.07) is 0. The van der Waals surface area contributed by atoms with Crippen molar-refractivity contribution in [3.63, 3.8) is 0 Å². The predicted octanol–water partition coefficient (Wildman–Crippen LogP) is 20.4. The average molecular weight is 1010 g/mol. The van der Waals surface area contributed by atoms with Crippen LogP contribution >= 0.6 is 0 Å². The summed E-state index contributed by atoms with van der Waals surface area (Å²) in [5, 5.41) is 0. The summed E-state index contributed by atoms with van der Waals surface area (Å²) < 4.78 is 16.8. The Morgan fingerprint density at radius 2 is 0.548 bits per heavy atom. The smallest absolute Gasteiger partial charge is 0.306 e. The molecule has 6 heteroatoms. The summed E-state index contributed by atoms with van der Waals surface area (Å²) >= 11 is 0. The summed E-state index contributed by atoms with van der Waals surface area (Å²) in [4.78, 5) is 38.2. The van der Waals surface area contributed by atoms with Crippen molar-refractivity contribution in [1.82, 2.24) is 0 Å². The molecule has 0 aromatic rings. The highest BCUT2D eigenvalue weighted by atomic mass is 16.6. The third-order valence-electron chi connectivity index (χ3n) is 12.4. The quantitative estimate of drug-likeness (QED) is 0.0261. The highest BCUT2D eigenvalue weighted by Crippen LogP contribution is 2.14. The van der Waals surface area contributed by atoms with Crippen LogP contribution in [0.15, 0.2) is 122 Å². The molecule has 0 spiro atoms. The third kappa shape index (κ3) is 58.6. The molecule has 0 amide bonds. The molecule has 0 fully saturated rings. The number of hydrogen-bond acceptors (Lipinski definition) is 6. The molecule has 414 valence electrons. The zero-order valence-electron chi connectivity index (χ0n) is 47.4. The van der Waals surface area contributed by atoms with E-state index >= 15 is 0 Å². The van der Waals surface area contributed by atoms with E-state index in [4.69, 9.17) is 14.2 Å². The van der Waals surface area contributed by atoms with Crippen LogP contribution in [0, 0.1) is 0 Å². The van der Waals surface area contributed by atoms with Crippen LogP contribution in [0.2, 0.25) is 0 Å². The predicted molar refractivity (Wildman–Crippen MR) is 316 cm³/mol. The topological polar surface area (TPSA) is 78.9 Å². The fraction of sp³-hybridized carbons (Fsp3) is 0.657. The number of allylic oxidation sites excluding steroid dienone is 20. The van der Waals surface area contributed by atoms with Gasteiger partial charge in [-0.2, -0.15) is 0 Å². The standard InChI is InChI=1S/C67H110O6/c1-4-7-10-13-16-19-22-25-28-30-31-32-33-34-35-37-39-42-45-48-51-54-57-60-66(69)72-63-64(62-71-65(68)59-56-53-50-47-44-41-38-27-24-21-18-15-12-9-6-3)73-67(70)61-58-55-52-49-46-43-40-36-29-26-23-20-17-14-11-8-5-2/h7,10,16-17,19-20,25-29,31-32,34-35,38-39,42,48,51,64H,4-6,8-9,11-15,18,21-24,30,33,36-37,40-41,43-47,49-50,52-63H2,1-3H3/b10-7-,19-16-,20-17-,28-25-,29-26-,32-31-,35-34-,38-27-,42-39-,51-48-. The number of carbonyl (C=O) groups is 3. The van der Waals surface area contributed by atoms with Gasteiger partial charge in [-0.3, -0.25) is 14.4 Å². The van der Waals surface area contributed by atoms with E-state index in [0.29, 0.717) is 19.3 Å². The summed E-state index contributed by atoms with van der Waals surface area (Å²) in [6.45, 7) is 6.44. The van der Waals surface area contributed by atoms with Crippen molar-refractivity contribution in [1.29, 1.82) is 0 Å². The Kier molecular flexibility index (Phi) is 56.9. The van der Waals surface area contributed by atoms with Crippen LogP contribution in [0.1, 0.15) is 265 Å². The van der Waals surface area contributed by atoms with Gasteiger partial charge in [-0.05, 0) is 128 Å². The van der Waals surface area contributed by atoms with Gasteiger partial charge >= 0.3 is 17.9 Å². The lowest BCUT2D eigenvalue weighted by molar-refractivity contribution is -0.167. The molecule has 0 heterocycles. The molecule has 73 heavy (non-hydrogen) atoms. The molecule has 1 unspecified atom stereocenters. The Morgan fingerprint density at radius 1 is 0.288 bits per heavy atom. The van der Waals surface area contributed by atoms with Crippen LogP contribution in [-0.4, -0.2) is 37.2 Å². The second-order valence-corrected chi connectivity index (χ2v) is 19.5. The molecule has 0 aromatic heterocycles. The van der Waals surface area contributed by atoms with Crippen LogP contribution in [0.5, 0.6) is 0 Å². The summed E-state index contributed by atoms with van der Waals surface area (Å²) in [5.41, 5.74) is 0. The molecule has 0 bridgehead atoms. The summed E-state index contributed by atoms with van der Waals surface area (Å²) in [6.07, 6.45) is 83.3. The molecule has 1 atom stereocenters. The highest BCUT2D eigenvalue weighted by molar-refractivity contribution is 5.71. The second kappa shape index (κ2) is 60.4. The van der Waals surface area contributed by atoms with Crippen molar-refractivity contribution >= 4 is 17.9 Å². The first kappa shape index (κ1) is 68.8. The Bertz CT molecular complexity index is 1540. The normalized spacial score (nSPS) is 13.0. The van der Waals surface area contributed by atoms with Gasteiger partial charge in [0.1, 0.15) is 13.2 Å². The number of ether oxygens (including phenoxy) is 3. The number of esters is 3. The Labute approximate surface area is 450 Å². The van der Waals surface area contributed by atoms with Crippen molar-refractivity contribution in [2.24, 2.45) is 0 Å². The molecule has 0 aliphatic carbocycles. The van der Waals surface area contributed by atoms with Crippen LogP contribution in [0.25, 0.3) is 0 Å². The Morgan fingerprint density at radius 3 is 0.932 bits per heavy atom. The molecular formula is C67H110O6. The zero-order valence-corrected chi connectivity index (χ0v) is 47.4. The molecule has 0 saturated heterocycles. The van der Waals surface area contributed by atoms with Crippen LogP contribution in [0.3, 0.4) is 0 Å². The van der Waals surface area contributed by atoms with Crippen LogP contribution in [0.4, 0.5) is 0 Å². The molecule has 0 saturated carbocycles. The van der Waals surface area contributed by atoms with Gasteiger partial charge in [0.2, 0.25) is 0 Å². The molecule has 0 N–H and O–H groups in total. The molecule has 0 aliphatic heterocycles. The number of unbranched alkanes of at least 4 members (excludes halogenated alkanes) is 22. The maximum absolute atomic E-state index is 12.9. The first-order valence-electron chi connectivity index (χ1n) is 30.0. The van der Waals surface area contributed by atoms with E-state index in [0.717, 1.165) is 116 Å². The highest BCUT2D eigenvalue weighted by Gasteiger charge is 2.19. The van der Waals surface area contributed by atoms with E-state index in [1.165, 1.54) is 103 Å². The second-order valence-electron chi connectivity index (χ2n) is 19.5. The van der Waals surface area contributed by atoms with Gasteiger partial charge in [-0.15, -0.1) is 0 Å². The van der Waals surface area contributed by atoms with Crippen LogP contribution in [-0.2, 0) is 28.6 Å². The van der Waals surface area contributed by atoms with Crippen molar-refractivity contribution in [2.75, 3.05) is 13.2 Å².